The summed E-state index contributed by atoms with van der Waals surface area (Å²) < 4.78 is 0. The minimum absolute atomic E-state index is 0.120. The van der Waals surface area contributed by atoms with E-state index < -0.39 is 5.91 Å². The first-order valence-electron chi connectivity index (χ1n) is 5.26. The van der Waals surface area contributed by atoms with Crippen LogP contribution in [0.15, 0.2) is 42.0 Å². The zero-order chi connectivity index (χ0) is 13.1. The van der Waals surface area contributed by atoms with E-state index in [-0.39, 0.29) is 11.3 Å². The van der Waals surface area contributed by atoms with E-state index in [1.165, 1.54) is 12.1 Å². The number of rotatable bonds is 2. The van der Waals surface area contributed by atoms with E-state index in [9.17, 15) is 9.90 Å². The fraction of sp³-hybridized carbons (Fsp3) is 0. The molecule has 0 aliphatic rings. The molecule has 0 aromatic heterocycles. The number of carbonyl (C=O) groups excluding carboxylic acids is 1. The van der Waals surface area contributed by atoms with Crippen LogP contribution in [0.3, 0.4) is 0 Å². The van der Waals surface area contributed by atoms with Crippen molar-refractivity contribution in [1.82, 2.24) is 0 Å². The Morgan fingerprint density at radius 1 is 1.22 bits per heavy atom. The Hall–Kier alpha value is -2.80. The van der Waals surface area contributed by atoms with Crippen molar-refractivity contribution >= 4 is 22.8 Å². The number of fused-ring (bicyclic) bond motifs is 1. The minimum atomic E-state index is -0.769. The van der Waals surface area contributed by atoms with Gasteiger partial charge in [0.2, 0.25) is 0 Å². The van der Waals surface area contributed by atoms with E-state index >= 15 is 0 Å². The van der Waals surface area contributed by atoms with Gasteiger partial charge in [-0.1, -0.05) is 30.3 Å². The first kappa shape index (κ1) is 11.7. The van der Waals surface area contributed by atoms with Gasteiger partial charge in [-0.05, 0) is 23.1 Å². The number of hydrogen-bond acceptors (Lipinski definition) is 3. The topological polar surface area (TPSA) is 87.1 Å². The van der Waals surface area contributed by atoms with Gasteiger partial charge in [-0.25, -0.2) is 0 Å². The highest BCUT2D eigenvalue weighted by atomic mass is 16.3. The Morgan fingerprint density at radius 3 is 2.50 bits per heavy atom. The number of carbonyl (C=O) groups is 1. The smallest absolute Gasteiger partial charge is 0.259 e. The maximum absolute atomic E-state index is 11.0. The Kier molecular flexibility index (Phi) is 2.98. The molecule has 4 heteroatoms. The van der Waals surface area contributed by atoms with E-state index in [1.807, 2.05) is 6.07 Å². The standard InChI is InChI=1S/C14H10N2O2/c15-8-10(14(16)18)7-9-5-6-13(17)12-4-2-1-3-11(9)12/h1-7,17H,(H2,16,18)/b10-7+. The zero-order valence-electron chi connectivity index (χ0n) is 9.42. The highest BCUT2D eigenvalue weighted by molar-refractivity contribution is 6.04. The molecule has 2 aromatic rings. The van der Waals surface area contributed by atoms with Crippen LogP contribution in [0.5, 0.6) is 5.75 Å². The zero-order valence-corrected chi connectivity index (χ0v) is 9.42. The van der Waals surface area contributed by atoms with Gasteiger partial charge in [-0.2, -0.15) is 5.26 Å². The number of nitrogens with two attached hydrogens (primary N) is 1. The molecule has 0 aliphatic carbocycles. The number of benzene rings is 2. The molecular weight excluding hydrogens is 228 g/mol. The Labute approximate surface area is 104 Å². The van der Waals surface area contributed by atoms with E-state index in [0.717, 1.165) is 5.39 Å². The average Bonchev–Trinajstić information content (AvgIpc) is 2.38. The molecule has 0 aliphatic heterocycles. The van der Waals surface area contributed by atoms with Crippen LogP contribution in [0.25, 0.3) is 16.8 Å². The summed E-state index contributed by atoms with van der Waals surface area (Å²) in [5.41, 5.74) is 5.64. The summed E-state index contributed by atoms with van der Waals surface area (Å²) >= 11 is 0. The van der Waals surface area contributed by atoms with Gasteiger partial charge in [0.05, 0.1) is 0 Å². The molecule has 18 heavy (non-hydrogen) atoms. The third kappa shape index (κ3) is 2.02. The van der Waals surface area contributed by atoms with E-state index in [4.69, 9.17) is 11.0 Å². The number of aromatic hydroxyl groups is 1. The predicted molar refractivity (Wildman–Crippen MR) is 68.4 cm³/mol. The predicted octanol–water partition coefficient (Wildman–Crippen LogP) is 1.94. The number of nitriles is 1. The third-order valence-corrected chi connectivity index (χ3v) is 2.62. The molecule has 0 radical (unpaired) electrons. The molecule has 0 saturated carbocycles. The van der Waals surface area contributed by atoms with Crippen molar-refractivity contribution in [1.29, 1.82) is 5.26 Å². The molecular formula is C14H10N2O2. The molecule has 88 valence electrons. The number of phenolic OH excluding ortho intramolecular Hbond substituents is 1. The van der Waals surface area contributed by atoms with Crippen LogP contribution >= 0.6 is 0 Å². The molecule has 0 bridgehead atoms. The van der Waals surface area contributed by atoms with Crippen molar-refractivity contribution in [2.24, 2.45) is 5.73 Å². The van der Waals surface area contributed by atoms with Crippen molar-refractivity contribution in [3.05, 3.63) is 47.5 Å². The lowest BCUT2D eigenvalue weighted by Gasteiger charge is -2.04. The van der Waals surface area contributed by atoms with Crippen molar-refractivity contribution in [2.75, 3.05) is 0 Å². The van der Waals surface area contributed by atoms with Gasteiger partial charge < -0.3 is 10.8 Å². The maximum atomic E-state index is 11.0. The molecule has 0 saturated heterocycles. The molecule has 0 atom stereocenters. The van der Waals surface area contributed by atoms with Gasteiger partial charge in [0, 0.05) is 5.39 Å². The second-order valence-corrected chi connectivity index (χ2v) is 3.75. The third-order valence-electron chi connectivity index (χ3n) is 2.62. The van der Waals surface area contributed by atoms with Gasteiger partial charge in [0.15, 0.2) is 0 Å². The molecule has 4 nitrogen and oxygen atoms in total. The van der Waals surface area contributed by atoms with Crippen molar-refractivity contribution in [2.45, 2.75) is 0 Å². The first-order chi connectivity index (χ1) is 8.63. The number of primary amides is 1. The van der Waals surface area contributed by atoms with E-state index in [2.05, 4.69) is 0 Å². The van der Waals surface area contributed by atoms with Gasteiger partial charge in [-0.15, -0.1) is 0 Å². The van der Waals surface area contributed by atoms with Crippen LogP contribution < -0.4 is 5.73 Å². The lowest BCUT2D eigenvalue weighted by molar-refractivity contribution is -0.114. The molecule has 0 fully saturated rings. The number of amides is 1. The summed E-state index contributed by atoms with van der Waals surface area (Å²) in [6.45, 7) is 0. The molecule has 0 spiro atoms. The summed E-state index contributed by atoms with van der Waals surface area (Å²) in [6, 6.07) is 12.1. The number of hydrogen-bond donors (Lipinski definition) is 2. The van der Waals surface area contributed by atoms with Gasteiger partial charge >= 0.3 is 0 Å². The van der Waals surface area contributed by atoms with Crippen LogP contribution in [0, 0.1) is 11.3 Å². The molecule has 0 heterocycles. The second kappa shape index (κ2) is 4.60. The van der Waals surface area contributed by atoms with Crippen LogP contribution in [-0.2, 0) is 4.79 Å². The summed E-state index contributed by atoms with van der Waals surface area (Å²) in [7, 11) is 0. The molecule has 2 aromatic carbocycles. The largest absolute Gasteiger partial charge is 0.507 e. The van der Waals surface area contributed by atoms with E-state index in [1.54, 1.807) is 30.3 Å². The normalized spacial score (nSPS) is 11.2. The van der Waals surface area contributed by atoms with Gasteiger partial charge in [0.1, 0.15) is 17.4 Å². The van der Waals surface area contributed by atoms with Crippen LogP contribution in [0.2, 0.25) is 0 Å². The average molecular weight is 238 g/mol. The van der Waals surface area contributed by atoms with Crippen molar-refractivity contribution in [3.8, 4) is 11.8 Å². The lowest BCUT2D eigenvalue weighted by Crippen LogP contribution is -2.12. The van der Waals surface area contributed by atoms with Crippen molar-refractivity contribution < 1.29 is 9.90 Å². The van der Waals surface area contributed by atoms with Crippen LogP contribution in [-0.4, -0.2) is 11.0 Å². The quantitative estimate of drug-likeness (QED) is 0.619. The number of nitrogens with zero attached hydrogens (tertiary/aromatic N) is 1. The van der Waals surface area contributed by atoms with Crippen LogP contribution in [0.1, 0.15) is 5.56 Å². The van der Waals surface area contributed by atoms with Gasteiger partial charge in [0.25, 0.3) is 5.91 Å². The summed E-state index contributed by atoms with van der Waals surface area (Å²) in [4.78, 5) is 11.0. The highest BCUT2D eigenvalue weighted by Crippen LogP contribution is 2.28. The SMILES string of the molecule is N#C/C(=C\c1ccc(O)c2ccccc12)C(N)=O. The summed E-state index contributed by atoms with van der Waals surface area (Å²) in [5, 5.41) is 20.0. The summed E-state index contributed by atoms with van der Waals surface area (Å²) in [6.07, 6.45) is 1.42. The molecule has 2 rings (SSSR count). The fourth-order valence-corrected chi connectivity index (χ4v) is 1.75. The second-order valence-electron chi connectivity index (χ2n) is 3.75. The lowest BCUT2D eigenvalue weighted by atomic mass is 10.0. The van der Waals surface area contributed by atoms with Gasteiger partial charge in [-0.3, -0.25) is 4.79 Å². The first-order valence-corrected chi connectivity index (χ1v) is 5.26. The molecule has 3 N–H and O–H groups in total. The Bertz CT molecular complexity index is 696. The number of phenols is 1. The highest BCUT2D eigenvalue weighted by Gasteiger charge is 2.07. The Balaban J connectivity index is 2.71. The van der Waals surface area contributed by atoms with Crippen LogP contribution in [0.4, 0.5) is 0 Å². The van der Waals surface area contributed by atoms with E-state index in [0.29, 0.717) is 10.9 Å². The summed E-state index contributed by atoms with van der Waals surface area (Å²) in [5.74, 6) is -0.616. The molecule has 0 unspecified atom stereocenters. The minimum Gasteiger partial charge on any atom is -0.507 e. The fourth-order valence-electron chi connectivity index (χ4n) is 1.75. The van der Waals surface area contributed by atoms with Crippen molar-refractivity contribution in [3.63, 3.8) is 0 Å². The molecule has 1 amide bonds. The Morgan fingerprint density at radius 2 is 1.89 bits per heavy atom. The maximum Gasteiger partial charge on any atom is 0.259 e. The monoisotopic (exact) mass is 238 g/mol.